The minimum Gasteiger partial charge on any atom is -0.340 e. The first kappa shape index (κ1) is 24.5. The van der Waals surface area contributed by atoms with E-state index in [0.29, 0.717) is 50.3 Å². The van der Waals surface area contributed by atoms with Crippen LogP contribution in [-0.2, 0) is 14.8 Å². The van der Waals surface area contributed by atoms with Gasteiger partial charge in [-0.15, -0.1) is 0 Å². The van der Waals surface area contributed by atoms with Gasteiger partial charge in [-0.25, -0.2) is 17.2 Å². The molecule has 0 aromatic heterocycles. The molecule has 0 bridgehead atoms. The molecule has 9 heteroatoms. The normalized spacial score (nSPS) is 25.1. The Morgan fingerprint density at radius 2 is 1.67 bits per heavy atom. The SMILES string of the molecule is CC(C)N1CCN(C(=O)[C@H]2CC[C@H](N(CC3CC3)S(=O)(=O)c3ccc(F)cc3F)CC2)CC1. The largest absolute Gasteiger partial charge is 0.340 e. The first-order chi connectivity index (χ1) is 15.7. The summed E-state index contributed by atoms with van der Waals surface area (Å²) < 4.78 is 55.9. The molecule has 1 aromatic rings. The van der Waals surface area contributed by atoms with Crippen LogP contribution in [0.5, 0.6) is 0 Å². The lowest BCUT2D eigenvalue weighted by molar-refractivity contribution is -0.138. The number of nitrogens with zero attached hydrogens (tertiary/aromatic N) is 3. The molecule has 3 aliphatic rings. The summed E-state index contributed by atoms with van der Waals surface area (Å²) >= 11 is 0. The summed E-state index contributed by atoms with van der Waals surface area (Å²) in [4.78, 5) is 16.9. The molecule has 1 saturated heterocycles. The standard InChI is InChI=1S/C24H35F2N3O3S/c1-17(2)27-11-13-28(14-12-27)24(30)19-5-8-21(9-6-19)29(16-18-3-4-18)33(31,32)23-10-7-20(25)15-22(23)26/h7,10,15,17-19,21H,3-6,8-9,11-14,16H2,1-2H3/t19-,21-. The van der Waals surface area contributed by atoms with Crippen molar-refractivity contribution in [3.8, 4) is 0 Å². The van der Waals surface area contributed by atoms with Gasteiger partial charge in [-0.05, 0) is 70.4 Å². The van der Waals surface area contributed by atoms with Crippen LogP contribution in [0.3, 0.4) is 0 Å². The van der Waals surface area contributed by atoms with Gasteiger partial charge in [-0.2, -0.15) is 4.31 Å². The highest BCUT2D eigenvalue weighted by molar-refractivity contribution is 7.89. The van der Waals surface area contributed by atoms with E-state index >= 15 is 0 Å². The fraction of sp³-hybridized carbons (Fsp3) is 0.708. The number of rotatable bonds is 7. The number of hydrogen-bond acceptors (Lipinski definition) is 4. The number of sulfonamides is 1. The molecule has 3 fully saturated rings. The van der Waals surface area contributed by atoms with Crippen LogP contribution in [0.2, 0.25) is 0 Å². The molecule has 1 aromatic carbocycles. The van der Waals surface area contributed by atoms with Crippen LogP contribution < -0.4 is 0 Å². The number of amides is 1. The van der Waals surface area contributed by atoms with E-state index in [0.717, 1.165) is 51.2 Å². The Balaban J connectivity index is 1.41. The molecule has 4 rings (SSSR count). The molecular formula is C24H35F2N3O3S. The zero-order valence-electron chi connectivity index (χ0n) is 19.6. The molecule has 184 valence electrons. The predicted octanol–water partition coefficient (Wildman–Crippen LogP) is 3.48. The topological polar surface area (TPSA) is 60.9 Å². The number of carbonyl (C=O) groups excluding carboxylic acids is 1. The minimum atomic E-state index is -4.08. The van der Waals surface area contributed by atoms with Gasteiger partial charge in [0.15, 0.2) is 0 Å². The summed E-state index contributed by atoms with van der Waals surface area (Å²) in [7, 11) is -4.08. The molecular weight excluding hydrogens is 448 g/mol. The van der Waals surface area contributed by atoms with Crippen molar-refractivity contribution in [3.05, 3.63) is 29.8 Å². The van der Waals surface area contributed by atoms with E-state index in [1.54, 1.807) is 0 Å². The lowest BCUT2D eigenvalue weighted by Gasteiger charge is -2.40. The quantitative estimate of drug-likeness (QED) is 0.596. The Hall–Kier alpha value is -1.58. The van der Waals surface area contributed by atoms with Gasteiger partial charge >= 0.3 is 0 Å². The zero-order valence-corrected chi connectivity index (χ0v) is 20.4. The molecule has 6 nitrogen and oxygen atoms in total. The molecule has 33 heavy (non-hydrogen) atoms. The first-order valence-corrected chi connectivity index (χ1v) is 13.6. The first-order valence-electron chi connectivity index (χ1n) is 12.2. The maximum Gasteiger partial charge on any atom is 0.246 e. The maximum atomic E-state index is 14.4. The van der Waals surface area contributed by atoms with E-state index in [-0.39, 0.29) is 17.9 Å². The lowest BCUT2D eigenvalue weighted by atomic mass is 9.85. The zero-order chi connectivity index (χ0) is 23.8. The van der Waals surface area contributed by atoms with Crippen LogP contribution in [-0.4, -0.2) is 73.2 Å². The van der Waals surface area contributed by atoms with E-state index in [1.807, 2.05) is 4.90 Å². The fourth-order valence-electron chi connectivity index (χ4n) is 5.14. The summed E-state index contributed by atoms with van der Waals surface area (Å²) in [6.45, 7) is 7.94. The second kappa shape index (κ2) is 9.96. The van der Waals surface area contributed by atoms with Crippen molar-refractivity contribution < 1.29 is 22.0 Å². The summed E-state index contributed by atoms with van der Waals surface area (Å²) in [6.07, 6.45) is 4.36. The fourth-order valence-corrected chi connectivity index (χ4v) is 6.95. The van der Waals surface area contributed by atoms with Crippen molar-refractivity contribution >= 4 is 15.9 Å². The predicted molar refractivity (Wildman–Crippen MR) is 122 cm³/mol. The molecule has 1 heterocycles. The van der Waals surface area contributed by atoms with Crippen molar-refractivity contribution in [3.63, 3.8) is 0 Å². The average molecular weight is 484 g/mol. The summed E-state index contributed by atoms with van der Waals surface area (Å²) in [6, 6.07) is 2.84. The van der Waals surface area contributed by atoms with Crippen molar-refractivity contribution in [2.75, 3.05) is 32.7 Å². The van der Waals surface area contributed by atoms with Gasteiger partial charge < -0.3 is 4.90 Å². The number of benzene rings is 1. The van der Waals surface area contributed by atoms with Gasteiger partial charge in [0.05, 0.1) is 0 Å². The van der Waals surface area contributed by atoms with Gasteiger partial charge in [-0.3, -0.25) is 9.69 Å². The van der Waals surface area contributed by atoms with Crippen molar-refractivity contribution in [1.29, 1.82) is 0 Å². The van der Waals surface area contributed by atoms with Gasteiger partial charge in [0.2, 0.25) is 15.9 Å². The molecule has 0 unspecified atom stereocenters. The number of piperazine rings is 1. The third-order valence-corrected chi connectivity index (χ3v) is 9.38. The highest BCUT2D eigenvalue weighted by Gasteiger charge is 2.40. The highest BCUT2D eigenvalue weighted by atomic mass is 32.2. The van der Waals surface area contributed by atoms with Crippen LogP contribution in [0.1, 0.15) is 52.4 Å². The van der Waals surface area contributed by atoms with E-state index in [9.17, 15) is 22.0 Å². The van der Waals surface area contributed by atoms with Gasteiger partial charge in [-0.1, -0.05) is 0 Å². The summed E-state index contributed by atoms with van der Waals surface area (Å²) in [5.41, 5.74) is 0. The molecule has 2 saturated carbocycles. The Bertz CT molecular complexity index is 952. The Morgan fingerprint density at radius 1 is 1.03 bits per heavy atom. The Kier molecular flexibility index (Phi) is 7.41. The Labute approximate surface area is 196 Å². The number of halogens is 2. The lowest BCUT2D eigenvalue weighted by Crippen LogP contribution is -2.52. The van der Waals surface area contributed by atoms with Gasteiger partial charge in [0.25, 0.3) is 0 Å². The molecule has 1 amide bonds. The smallest absolute Gasteiger partial charge is 0.246 e. The van der Waals surface area contributed by atoms with Crippen LogP contribution in [0, 0.1) is 23.5 Å². The van der Waals surface area contributed by atoms with Crippen molar-refractivity contribution in [2.24, 2.45) is 11.8 Å². The molecule has 0 radical (unpaired) electrons. The number of carbonyl (C=O) groups is 1. The molecule has 0 spiro atoms. The minimum absolute atomic E-state index is 0.0834. The third-order valence-electron chi connectivity index (χ3n) is 7.43. The summed E-state index contributed by atoms with van der Waals surface area (Å²) in [5, 5.41) is 0. The number of hydrogen-bond donors (Lipinski definition) is 0. The molecule has 0 atom stereocenters. The van der Waals surface area contributed by atoms with Crippen LogP contribution in [0.4, 0.5) is 8.78 Å². The average Bonchev–Trinajstić information content (AvgIpc) is 3.61. The second-order valence-electron chi connectivity index (χ2n) is 10.1. The van der Waals surface area contributed by atoms with E-state index < -0.39 is 26.6 Å². The maximum absolute atomic E-state index is 14.4. The van der Waals surface area contributed by atoms with Crippen LogP contribution >= 0.6 is 0 Å². The van der Waals surface area contributed by atoms with Crippen LogP contribution in [0.25, 0.3) is 0 Å². The van der Waals surface area contributed by atoms with E-state index in [1.165, 1.54) is 4.31 Å². The van der Waals surface area contributed by atoms with Gasteiger partial charge in [0.1, 0.15) is 16.5 Å². The van der Waals surface area contributed by atoms with Gasteiger partial charge in [0, 0.05) is 56.8 Å². The highest BCUT2D eigenvalue weighted by Crippen LogP contribution is 2.37. The molecule has 2 aliphatic carbocycles. The summed E-state index contributed by atoms with van der Waals surface area (Å²) in [5.74, 6) is -1.47. The monoisotopic (exact) mass is 483 g/mol. The van der Waals surface area contributed by atoms with Crippen molar-refractivity contribution in [1.82, 2.24) is 14.1 Å². The third kappa shape index (κ3) is 5.57. The van der Waals surface area contributed by atoms with Crippen LogP contribution in [0.15, 0.2) is 23.1 Å². The van der Waals surface area contributed by atoms with E-state index in [4.69, 9.17) is 0 Å². The molecule has 1 aliphatic heterocycles. The Morgan fingerprint density at radius 3 is 2.21 bits per heavy atom. The second-order valence-corrected chi connectivity index (χ2v) is 11.9. The molecule has 0 N–H and O–H groups in total. The van der Waals surface area contributed by atoms with E-state index in [2.05, 4.69) is 18.7 Å². The van der Waals surface area contributed by atoms with Crippen molar-refractivity contribution in [2.45, 2.75) is 69.4 Å².